The van der Waals surface area contributed by atoms with Gasteiger partial charge in [0.2, 0.25) is 5.91 Å². The maximum atomic E-state index is 12.7. The second-order valence-corrected chi connectivity index (χ2v) is 9.32. The zero-order chi connectivity index (χ0) is 25.5. The predicted octanol–water partition coefficient (Wildman–Crippen LogP) is 3.99. The Morgan fingerprint density at radius 3 is 2.38 bits per heavy atom. The molecule has 0 spiro atoms. The van der Waals surface area contributed by atoms with Crippen LogP contribution in [0.15, 0.2) is 84.7 Å². The smallest absolute Gasteiger partial charge is 0.255 e. The highest BCUT2D eigenvalue weighted by Gasteiger charge is 2.35. The van der Waals surface area contributed by atoms with Gasteiger partial charge in [-0.3, -0.25) is 9.59 Å². The summed E-state index contributed by atoms with van der Waals surface area (Å²) in [5.41, 5.74) is 12.3. The van der Waals surface area contributed by atoms with Gasteiger partial charge < -0.3 is 16.0 Å². The molecule has 37 heavy (non-hydrogen) atoms. The minimum Gasteiger partial charge on any atom is -0.383 e. The van der Waals surface area contributed by atoms with Gasteiger partial charge in [0, 0.05) is 29.9 Å². The molecule has 3 N–H and O–H groups in total. The summed E-state index contributed by atoms with van der Waals surface area (Å²) in [6.07, 6.45) is 4.42. The van der Waals surface area contributed by atoms with Crippen molar-refractivity contribution >= 4 is 34.4 Å². The van der Waals surface area contributed by atoms with Crippen molar-refractivity contribution in [3.63, 3.8) is 0 Å². The Bertz CT molecular complexity index is 1550. The summed E-state index contributed by atoms with van der Waals surface area (Å²) in [5, 5.41) is 8.54. The monoisotopic (exact) mass is 491 g/mol. The molecule has 0 saturated carbocycles. The molecule has 0 atom stereocenters. The molecule has 2 aromatic carbocycles. The Morgan fingerprint density at radius 1 is 1.00 bits per heavy atom. The van der Waals surface area contributed by atoms with E-state index in [1.165, 1.54) is 23.5 Å². The topological polar surface area (TPSA) is 119 Å². The molecule has 0 bridgehead atoms. The highest BCUT2D eigenvalue weighted by molar-refractivity contribution is 6.05. The Balaban J connectivity index is 1.28. The van der Waals surface area contributed by atoms with Crippen molar-refractivity contribution in [2.45, 2.75) is 18.9 Å². The number of nitrogens with zero attached hydrogens (tertiary/aromatic N) is 5. The third-order valence-corrected chi connectivity index (χ3v) is 7.03. The van der Waals surface area contributed by atoms with Crippen LogP contribution in [-0.2, 0) is 4.79 Å². The van der Waals surface area contributed by atoms with Gasteiger partial charge in [-0.25, -0.2) is 14.6 Å². The maximum absolute atomic E-state index is 12.7. The van der Waals surface area contributed by atoms with Crippen LogP contribution in [-0.4, -0.2) is 49.6 Å². The van der Waals surface area contributed by atoms with E-state index in [1.807, 2.05) is 52.0 Å². The van der Waals surface area contributed by atoms with Crippen LogP contribution in [0.4, 0.5) is 11.5 Å². The lowest BCUT2D eigenvalue weighted by molar-refractivity contribution is -0.124. The molecular weight excluding hydrogens is 466 g/mol. The third-order valence-electron chi connectivity index (χ3n) is 7.03. The summed E-state index contributed by atoms with van der Waals surface area (Å²) in [7, 11) is 0. The summed E-state index contributed by atoms with van der Waals surface area (Å²) in [5.74, 6) is 0.129. The molecule has 9 heteroatoms. The predicted molar refractivity (Wildman–Crippen MR) is 142 cm³/mol. The van der Waals surface area contributed by atoms with Crippen LogP contribution in [0.5, 0.6) is 0 Å². The largest absolute Gasteiger partial charge is 0.383 e. The molecule has 2 amide bonds. The molecular formula is C28H25N7O2. The number of aromatic nitrogens is 4. The van der Waals surface area contributed by atoms with Crippen molar-refractivity contribution in [3.05, 3.63) is 90.3 Å². The second kappa shape index (κ2) is 9.02. The van der Waals surface area contributed by atoms with Crippen molar-refractivity contribution in [1.82, 2.24) is 24.6 Å². The molecule has 184 valence electrons. The second-order valence-electron chi connectivity index (χ2n) is 9.32. The molecule has 6 rings (SSSR count). The summed E-state index contributed by atoms with van der Waals surface area (Å²) in [6, 6.07) is 16.7. The zero-order valence-corrected chi connectivity index (χ0v) is 20.1. The van der Waals surface area contributed by atoms with Crippen molar-refractivity contribution in [1.29, 1.82) is 0 Å². The van der Waals surface area contributed by atoms with Crippen molar-refractivity contribution in [2.24, 2.45) is 0 Å². The maximum Gasteiger partial charge on any atom is 0.255 e. The molecule has 0 radical (unpaired) electrons. The lowest BCUT2D eigenvalue weighted by atomic mass is 10.1. The van der Waals surface area contributed by atoms with Gasteiger partial charge in [-0.15, -0.1) is 0 Å². The number of benzene rings is 2. The molecule has 1 aliphatic carbocycles. The van der Waals surface area contributed by atoms with E-state index in [4.69, 9.17) is 10.8 Å². The molecule has 2 aromatic heterocycles. The van der Waals surface area contributed by atoms with Crippen molar-refractivity contribution in [2.75, 3.05) is 24.1 Å². The van der Waals surface area contributed by atoms with Crippen LogP contribution >= 0.6 is 0 Å². The van der Waals surface area contributed by atoms with Gasteiger partial charge >= 0.3 is 0 Å². The lowest BCUT2D eigenvalue weighted by Gasteiger charge is -2.19. The van der Waals surface area contributed by atoms with E-state index < -0.39 is 0 Å². The van der Waals surface area contributed by atoms with Crippen LogP contribution < -0.4 is 11.1 Å². The number of fused-ring (bicyclic) bond motifs is 1. The summed E-state index contributed by atoms with van der Waals surface area (Å²) < 4.78 is 1.94. The SMILES string of the molecule is C=CC(=O)N1CC2=C(CC(n3nc(-c4ccc(C(=O)Nc5ccccc5)cc4)c4c(N)ncnc43)C2)C1. The van der Waals surface area contributed by atoms with Crippen LogP contribution in [0.1, 0.15) is 29.2 Å². The summed E-state index contributed by atoms with van der Waals surface area (Å²) in [4.78, 5) is 35.3. The average Bonchev–Trinajstić information content (AvgIpc) is 3.61. The third kappa shape index (κ3) is 4.04. The van der Waals surface area contributed by atoms with Gasteiger partial charge in [-0.1, -0.05) is 36.9 Å². The molecule has 2 aliphatic rings. The number of nitrogens with two attached hydrogens (primary N) is 1. The van der Waals surface area contributed by atoms with E-state index >= 15 is 0 Å². The lowest BCUT2D eigenvalue weighted by Crippen LogP contribution is -2.29. The molecule has 0 fully saturated rings. The normalized spacial score (nSPS) is 15.3. The first kappa shape index (κ1) is 22.7. The Kier molecular flexibility index (Phi) is 5.52. The first-order valence-corrected chi connectivity index (χ1v) is 12.1. The minimum absolute atomic E-state index is 0.0424. The number of rotatable bonds is 5. The van der Waals surface area contributed by atoms with Crippen LogP contribution in [0.3, 0.4) is 0 Å². The quantitative estimate of drug-likeness (QED) is 0.322. The average molecular weight is 492 g/mol. The highest BCUT2D eigenvalue weighted by atomic mass is 16.2. The van der Waals surface area contributed by atoms with Crippen molar-refractivity contribution < 1.29 is 9.59 Å². The Morgan fingerprint density at radius 2 is 1.70 bits per heavy atom. The number of anilines is 2. The van der Waals surface area contributed by atoms with E-state index in [9.17, 15) is 9.59 Å². The minimum atomic E-state index is -0.188. The Hall–Kier alpha value is -4.79. The van der Waals surface area contributed by atoms with E-state index in [-0.39, 0.29) is 17.9 Å². The van der Waals surface area contributed by atoms with Gasteiger partial charge in [0.25, 0.3) is 5.91 Å². The number of nitrogens with one attached hydrogen (secondary N) is 1. The van der Waals surface area contributed by atoms with Crippen LogP contribution in [0.2, 0.25) is 0 Å². The first-order chi connectivity index (χ1) is 18.0. The molecule has 1 aliphatic heterocycles. The van der Waals surface area contributed by atoms with Crippen LogP contribution in [0.25, 0.3) is 22.3 Å². The number of amides is 2. The van der Waals surface area contributed by atoms with E-state index in [1.54, 1.807) is 12.1 Å². The number of nitrogen functional groups attached to an aromatic ring is 1. The van der Waals surface area contributed by atoms with Gasteiger partial charge in [-0.05, 0) is 54.3 Å². The number of carbonyl (C=O) groups excluding carboxylic acids is 2. The molecule has 0 saturated heterocycles. The number of para-hydroxylation sites is 1. The van der Waals surface area contributed by atoms with Crippen LogP contribution in [0, 0.1) is 0 Å². The standard InChI is InChI=1S/C28H25N7O2/c1-2-23(36)34-14-19-12-22(13-20(19)15-34)35-27-24(26(29)30-16-31-27)25(33-35)17-8-10-18(11-9-17)28(37)32-21-6-4-3-5-7-21/h2-11,16,22H,1,12-15H2,(H,32,37)(H2,29,30,31). The van der Waals surface area contributed by atoms with Gasteiger partial charge in [0.1, 0.15) is 17.8 Å². The molecule has 3 heterocycles. The fraction of sp³-hybridized carbons (Fsp3) is 0.179. The fourth-order valence-corrected chi connectivity index (χ4v) is 5.21. The number of hydrogen-bond acceptors (Lipinski definition) is 6. The molecule has 0 unspecified atom stereocenters. The molecule has 9 nitrogen and oxygen atoms in total. The van der Waals surface area contributed by atoms with Gasteiger partial charge in [-0.2, -0.15) is 5.10 Å². The number of likely N-dealkylation sites (tertiary alicyclic amines) is 1. The zero-order valence-electron chi connectivity index (χ0n) is 20.1. The van der Waals surface area contributed by atoms with Gasteiger partial charge in [0.05, 0.1) is 11.4 Å². The van der Waals surface area contributed by atoms with Gasteiger partial charge in [0.15, 0.2) is 5.65 Å². The van der Waals surface area contributed by atoms with E-state index in [0.717, 1.165) is 24.1 Å². The summed E-state index contributed by atoms with van der Waals surface area (Å²) in [6.45, 7) is 4.86. The fourth-order valence-electron chi connectivity index (χ4n) is 5.21. The summed E-state index contributed by atoms with van der Waals surface area (Å²) >= 11 is 0. The first-order valence-electron chi connectivity index (χ1n) is 12.1. The molecule has 4 aromatic rings. The number of carbonyl (C=O) groups is 2. The number of hydrogen-bond donors (Lipinski definition) is 2. The van der Waals surface area contributed by atoms with Crippen molar-refractivity contribution in [3.8, 4) is 11.3 Å². The highest BCUT2D eigenvalue weighted by Crippen LogP contribution is 2.42. The van der Waals surface area contributed by atoms with E-state index in [0.29, 0.717) is 41.2 Å². The Labute approximate surface area is 213 Å². The van der Waals surface area contributed by atoms with E-state index in [2.05, 4.69) is 21.9 Å².